The molecular weight excluding hydrogens is 261 g/mol. The zero-order valence-corrected chi connectivity index (χ0v) is 11.9. The van der Waals surface area contributed by atoms with E-state index in [0.717, 1.165) is 12.1 Å². The lowest BCUT2D eigenvalue weighted by Crippen LogP contribution is -2.05. The maximum Gasteiger partial charge on any atom is 0.129 e. The van der Waals surface area contributed by atoms with E-state index >= 15 is 0 Å². The Hall–Kier alpha value is -1.54. The SMILES string of the molecule is CCc1cccc(C)c1NCc1ccc(Cl)cc1F. The van der Waals surface area contributed by atoms with Crippen LogP contribution in [0.5, 0.6) is 0 Å². The summed E-state index contributed by atoms with van der Waals surface area (Å²) in [6.07, 6.45) is 0.952. The van der Waals surface area contributed by atoms with Gasteiger partial charge in [-0.2, -0.15) is 0 Å². The number of benzene rings is 2. The standard InChI is InChI=1S/C16H17ClFN/c1-3-12-6-4-5-11(2)16(12)19-10-13-7-8-14(17)9-15(13)18/h4-9,19H,3,10H2,1-2H3. The van der Waals surface area contributed by atoms with Crippen LogP contribution in [0.4, 0.5) is 10.1 Å². The molecule has 2 rings (SSSR count). The van der Waals surface area contributed by atoms with Crippen LogP contribution in [0.3, 0.4) is 0 Å². The van der Waals surface area contributed by atoms with E-state index < -0.39 is 0 Å². The van der Waals surface area contributed by atoms with E-state index in [4.69, 9.17) is 11.6 Å². The summed E-state index contributed by atoms with van der Waals surface area (Å²) in [6, 6.07) is 11.0. The third-order valence-corrected chi connectivity index (χ3v) is 3.45. The first-order valence-corrected chi connectivity index (χ1v) is 6.76. The molecule has 0 heterocycles. The second-order valence-electron chi connectivity index (χ2n) is 4.55. The van der Waals surface area contributed by atoms with Crippen molar-refractivity contribution < 1.29 is 4.39 Å². The lowest BCUT2D eigenvalue weighted by atomic mass is 10.1. The van der Waals surface area contributed by atoms with Crippen molar-refractivity contribution in [1.82, 2.24) is 0 Å². The normalized spacial score (nSPS) is 10.5. The lowest BCUT2D eigenvalue weighted by molar-refractivity contribution is 0.613. The number of hydrogen-bond acceptors (Lipinski definition) is 1. The highest BCUT2D eigenvalue weighted by atomic mass is 35.5. The molecule has 3 heteroatoms. The molecule has 0 aromatic heterocycles. The van der Waals surface area contributed by atoms with Crippen LogP contribution in [0.1, 0.15) is 23.6 Å². The van der Waals surface area contributed by atoms with Crippen LogP contribution in [0.2, 0.25) is 5.02 Å². The maximum absolute atomic E-state index is 13.7. The predicted octanol–water partition coefficient (Wildman–Crippen LogP) is 4.96. The summed E-state index contributed by atoms with van der Waals surface area (Å²) in [4.78, 5) is 0. The molecule has 0 fully saturated rings. The average Bonchev–Trinajstić information content (AvgIpc) is 2.39. The van der Waals surface area contributed by atoms with Crippen molar-refractivity contribution in [2.45, 2.75) is 26.8 Å². The molecule has 2 aromatic rings. The van der Waals surface area contributed by atoms with Crippen LogP contribution in [0.25, 0.3) is 0 Å². The first-order valence-electron chi connectivity index (χ1n) is 6.38. The minimum atomic E-state index is -0.272. The molecule has 100 valence electrons. The van der Waals surface area contributed by atoms with Gasteiger partial charge in [0.15, 0.2) is 0 Å². The Bertz CT molecular complexity index is 581. The molecular formula is C16H17ClFN. The van der Waals surface area contributed by atoms with Crippen LogP contribution in [-0.2, 0) is 13.0 Å². The van der Waals surface area contributed by atoms with Crippen molar-refractivity contribution in [2.75, 3.05) is 5.32 Å². The minimum absolute atomic E-state index is 0.272. The van der Waals surface area contributed by atoms with Gasteiger partial charge in [0, 0.05) is 22.8 Å². The molecule has 0 saturated heterocycles. The molecule has 1 N–H and O–H groups in total. The van der Waals surface area contributed by atoms with Gasteiger partial charge in [0.2, 0.25) is 0 Å². The summed E-state index contributed by atoms with van der Waals surface area (Å²) in [5.74, 6) is -0.272. The topological polar surface area (TPSA) is 12.0 Å². The van der Waals surface area contributed by atoms with Gasteiger partial charge >= 0.3 is 0 Å². The molecule has 0 spiro atoms. The molecule has 0 aliphatic heterocycles. The zero-order chi connectivity index (χ0) is 13.8. The Balaban J connectivity index is 2.19. The van der Waals surface area contributed by atoms with Gasteiger partial charge in [-0.3, -0.25) is 0 Å². The van der Waals surface area contributed by atoms with Crippen molar-refractivity contribution in [3.63, 3.8) is 0 Å². The first-order chi connectivity index (χ1) is 9.11. The first kappa shape index (κ1) is 13.9. The second kappa shape index (κ2) is 6.07. The van der Waals surface area contributed by atoms with Gasteiger partial charge < -0.3 is 5.32 Å². The molecule has 0 amide bonds. The summed E-state index contributed by atoms with van der Waals surface area (Å²) in [6.45, 7) is 4.63. The average molecular weight is 278 g/mol. The Kier molecular flexibility index (Phi) is 4.43. The van der Waals surface area contributed by atoms with E-state index in [1.165, 1.54) is 17.2 Å². The number of halogens is 2. The van der Waals surface area contributed by atoms with Gasteiger partial charge in [0.25, 0.3) is 0 Å². The smallest absolute Gasteiger partial charge is 0.129 e. The Morgan fingerprint density at radius 1 is 1.16 bits per heavy atom. The Labute approximate surface area is 118 Å². The summed E-state index contributed by atoms with van der Waals surface area (Å²) in [5.41, 5.74) is 4.14. The van der Waals surface area contributed by atoms with E-state index in [1.807, 2.05) is 6.07 Å². The van der Waals surface area contributed by atoms with Gasteiger partial charge in [-0.25, -0.2) is 4.39 Å². The molecule has 1 nitrogen and oxygen atoms in total. The monoisotopic (exact) mass is 277 g/mol. The van der Waals surface area contributed by atoms with Crippen LogP contribution < -0.4 is 5.32 Å². The number of anilines is 1. The predicted molar refractivity (Wildman–Crippen MR) is 79.3 cm³/mol. The Morgan fingerprint density at radius 3 is 2.63 bits per heavy atom. The van der Waals surface area contributed by atoms with Crippen molar-refractivity contribution in [3.05, 3.63) is 63.9 Å². The largest absolute Gasteiger partial charge is 0.380 e. The van der Waals surface area contributed by atoms with Gasteiger partial charge in [0.1, 0.15) is 5.82 Å². The quantitative estimate of drug-likeness (QED) is 0.833. The number of hydrogen-bond donors (Lipinski definition) is 1. The van der Waals surface area contributed by atoms with Crippen LogP contribution >= 0.6 is 11.6 Å². The van der Waals surface area contributed by atoms with E-state index in [-0.39, 0.29) is 5.82 Å². The summed E-state index contributed by atoms with van der Waals surface area (Å²) in [7, 11) is 0. The van der Waals surface area contributed by atoms with Crippen molar-refractivity contribution >= 4 is 17.3 Å². The molecule has 0 radical (unpaired) electrons. The number of aryl methyl sites for hydroxylation is 2. The van der Waals surface area contributed by atoms with Gasteiger partial charge in [0.05, 0.1) is 0 Å². The molecule has 19 heavy (non-hydrogen) atoms. The summed E-state index contributed by atoms with van der Waals surface area (Å²) in [5, 5.41) is 3.75. The number of para-hydroxylation sites is 1. The molecule has 0 atom stereocenters. The zero-order valence-electron chi connectivity index (χ0n) is 11.1. The highest BCUT2D eigenvalue weighted by molar-refractivity contribution is 6.30. The molecule has 2 aromatic carbocycles. The molecule has 0 bridgehead atoms. The summed E-state index contributed by atoms with van der Waals surface area (Å²) >= 11 is 5.75. The van der Waals surface area contributed by atoms with E-state index in [0.29, 0.717) is 17.1 Å². The minimum Gasteiger partial charge on any atom is -0.380 e. The third-order valence-electron chi connectivity index (χ3n) is 3.21. The van der Waals surface area contributed by atoms with Gasteiger partial charge in [-0.05, 0) is 36.6 Å². The van der Waals surface area contributed by atoms with E-state index in [9.17, 15) is 4.39 Å². The molecule has 0 aliphatic rings. The maximum atomic E-state index is 13.7. The fourth-order valence-electron chi connectivity index (χ4n) is 2.12. The van der Waals surface area contributed by atoms with Gasteiger partial charge in [-0.15, -0.1) is 0 Å². The van der Waals surface area contributed by atoms with E-state index in [2.05, 4.69) is 31.3 Å². The van der Waals surface area contributed by atoms with E-state index in [1.54, 1.807) is 12.1 Å². The number of rotatable bonds is 4. The van der Waals surface area contributed by atoms with Crippen LogP contribution in [0.15, 0.2) is 36.4 Å². The fraction of sp³-hybridized carbons (Fsp3) is 0.250. The molecule has 0 saturated carbocycles. The molecule has 0 aliphatic carbocycles. The highest BCUT2D eigenvalue weighted by Gasteiger charge is 2.06. The lowest BCUT2D eigenvalue weighted by Gasteiger charge is -2.14. The summed E-state index contributed by atoms with van der Waals surface area (Å²) < 4.78 is 13.7. The van der Waals surface area contributed by atoms with Crippen LogP contribution in [0, 0.1) is 12.7 Å². The van der Waals surface area contributed by atoms with Crippen LogP contribution in [-0.4, -0.2) is 0 Å². The third kappa shape index (κ3) is 3.27. The van der Waals surface area contributed by atoms with Gasteiger partial charge in [-0.1, -0.05) is 42.8 Å². The fourth-order valence-corrected chi connectivity index (χ4v) is 2.28. The highest BCUT2D eigenvalue weighted by Crippen LogP contribution is 2.23. The van der Waals surface area contributed by atoms with Crippen molar-refractivity contribution in [2.24, 2.45) is 0 Å². The molecule has 0 unspecified atom stereocenters. The van der Waals surface area contributed by atoms with Crippen molar-refractivity contribution in [1.29, 1.82) is 0 Å². The number of nitrogens with one attached hydrogen (secondary N) is 1. The Morgan fingerprint density at radius 2 is 1.95 bits per heavy atom. The second-order valence-corrected chi connectivity index (χ2v) is 4.99. The van der Waals surface area contributed by atoms with Crippen molar-refractivity contribution in [3.8, 4) is 0 Å².